The fraction of sp³-hybridized carbons (Fsp3) is 1.00. The van der Waals surface area contributed by atoms with Gasteiger partial charge >= 0.3 is 0 Å². The third-order valence-corrected chi connectivity index (χ3v) is 5.29. The lowest BCUT2D eigenvalue weighted by molar-refractivity contribution is 0.493. The predicted octanol–water partition coefficient (Wildman–Crippen LogP) is 1.84. The molecule has 0 saturated heterocycles. The SMILES string of the molecule is CNCC(C)CCCS(=O)(=O)C(C)(C)C. The van der Waals surface area contributed by atoms with Crippen LogP contribution in [0.2, 0.25) is 0 Å². The standard InChI is InChI=1S/C11H25NO2S/c1-10(9-12-5)7-6-8-15(13,14)11(2,3)4/h10,12H,6-9H2,1-5H3. The Bertz CT molecular complexity index is 265. The van der Waals surface area contributed by atoms with Crippen LogP contribution in [0.3, 0.4) is 0 Å². The van der Waals surface area contributed by atoms with E-state index in [4.69, 9.17) is 0 Å². The number of nitrogens with one attached hydrogen (secondary N) is 1. The summed E-state index contributed by atoms with van der Waals surface area (Å²) in [7, 11) is -1.01. The van der Waals surface area contributed by atoms with Gasteiger partial charge in [-0.15, -0.1) is 0 Å². The average Bonchev–Trinajstić information content (AvgIpc) is 2.01. The maximum Gasteiger partial charge on any atom is 0.155 e. The van der Waals surface area contributed by atoms with Gasteiger partial charge in [-0.25, -0.2) is 8.42 Å². The Morgan fingerprint density at radius 2 is 1.80 bits per heavy atom. The summed E-state index contributed by atoms with van der Waals surface area (Å²) in [6.45, 7) is 8.38. The van der Waals surface area contributed by atoms with Gasteiger partial charge in [0.15, 0.2) is 9.84 Å². The topological polar surface area (TPSA) is 46.2 Å². The fourth-order valence-electron chi connectivity index (χ4n) is 1.38. The molecule has 0 aliphatic heterocycles. The van der Waals surface area contributed by atoms with Crippen molar-refractivity contribution in [3.63, 3.8) is 0 Å². The smallest absolute Gasteiger partial charge is 0.155 e. The molecule has 0 saturated carbocycles. The second kappa shape index (κ2) is 5.85. The summed E-state index contributed by atoms with van der Waals surface area (Å²) in [5.41, 5.74) is 0. The van der Waals surface area contributed by atoms with E-state index in [-0.39, 0.29) is 0 Å². The Morgan fingerprint density at radius 1 is 1.27 bits per heavy atom. The van der Waals surface area contributed by atoms with Crippen LogP contribution < -0.4 is 5.32 Å². The van der Waals surface area contributed by atoms with Gasteiger partial charge in [0, 0.05) is 0 Å². The quantitative estimate of drug-likeness (QED) is 0.764. The van der Waals surface area contributed by atoms with Gasteiger partial charge in [-0.1, -0.05) is 6.92 Å². The summed E-state index contributed by atoms with van der Waals surface area (Å²) in [6.07, 6.45) is 1.73. The zero-order valence-corrected chi connectivity index (χ0v) is 11.4. The van der Waals surface area contributed by atoms with Crippen molar-refractivity contribution >= 4 is 9.84 Å². The lowest BCUT2D eigenvalue weighted by Gasteiger charge is -2.19. The van der Waals surface area contributed by atoms with Crippen molar-refractivity contribution in [2.45, 2.75) is 45.3 Å². The van der Waals surface area contributed by atoms with Crippen LogP contribution in [0.15, 0.2) is 0 Å². The minimum atomic E-state index is -2.93. The van der Waals surface area contributed by atoms with E-state index in [9.17, 15) is 8.42 Å². The summed E-state index contributed by atoms with van der Waals surface area (Å²) in [5, 5.41) is 3.10. The first-order chi connectivity index (χ1) is 6.70. The molecule has 1 N–H and O–H groups in total. The van der Waals surface area contributed by atoms with Gasteiger partial charge < -0.3 is 5.32 Å². The van der Waals surface area contributed by atoms with Crippen molar-refractivity contribution in [3.8, 4) is 0 Å². The maximum atomic E-state index is 11.8. The highest BCUT2D eigenvalue weighted by Crippen LogP contribution is 2.18. The summed E-state index contributed by atoms with van der Waals surface area (Å²) in [4.78, 5) is 0. The summed E-state index contributed by atoms with van der Waals surface area (Å²) >= 11 is 0. The van der Waals surface area contributed by atoms with E-state index in [1.807, 2.05) is 7.05 Å². The molecular formula is C11H25NO2S. The minimum Gasteiger partial charge on any atom is -0.319 e. The van der Waals surface area contributed by atoms with E-state index in [0.29, 0.717) is 11.7 Å². The van der Waals surface area contributed by atoms with E-state index >= 15 is 0 Å². The lowest BCUT2D eigenvalue weighted by Crippen LogP contribution is -2.30. The molecule has 0 aromatic heterocycles. The molecule has 0 aromatic carbocycles. The molecule has 0 spiro atoms. The second-order valence-electron chi connectivity index (χ2n) is 5.24. The number of rotatable bonds is 6. The normalized spacial score (nSPS) is 15.3. The largest absolute Gasteiger partial charge is 0.319 e. The van der Waals surface area contributed by atoms with E-state index in [2.05, 4.69) is 12.2 Å². The van der Waals surface area contributed by atoms with Crippen LogP contribution in [-0.4, -0.2) is 32.5 Å². The van der Waals surface area contributed by atoms with Crippen molar-refractivity contribution in [1.29, 1.82) is 0 Å². The molecule has 92 valence electrons. The molecule has 0 radical (unpaired) electrons. The van der Waals surface area contributed by atoms with Crippen molar-refractivity contribution in [3.05, 3.63) is 0 Å². The highest BCUT2D eigenvalue weighted by molar-refractivity contribution is 7.92. The zero-order chi connectivity index (χ0) is 12.1. The van der Waals surface area contributed by atoms with Gasteiger partial charge in [0.2, 0.25) is 0 Å². The molecule has 1 unspecified atom stereocenters. The summed E-state index contributed by atoms with van der Waals surface area (Å²) < 4.78 is 22.9. The monoisotopic (exact) mass is 235 g/mol. The van der Waals surface area contributed by atoms with Crippen molar-refractivity contribution in [1.82, 2.24) is 5.32 Å². The second-order valence-corrected chi connectivity index (χ2v) is 8.10. The molecule has 0 fully saturated rings. The van der Waals surface area contributed by atoms with Gasteiger partial charge in [0.1, 0.15) is 0 Å². The molecule has 0 heterocycles. The molecule has 0 amide bonds. The van der Waals surface area contributed by atoms with Crippen LogP contribution in [0.5, 0.6) is 0 Å². The van der Waals surface area contributed by atoms with Gasteiger partial charge in [-0.2, -0.15) is 0 Å². The Balaban J connectivity index is 3.97. The van der Waals surface area contributed by atoms with Crippen LogP contribution in [-0.2, 0) is 9.84 Å². The van der Waals surface area contributed by atoms with Crippen LogP contribution in [0, 0.1) is 5.92 Å². The first-order valence-corrected chi connectivity index (χ1v) is 7.23. The Hall–Kier alpha value is -0.0900. The van der Waals surface area contributed by atoms with E-state index in [1.165, 1.54) is 0 Å². The third-order valence-electron chi connectivity index (χ3n) is 2.60. The van der Waals surface area contributed by atoms with E-state index in [0.717, 1.165) is 19.4 Å². The van der Waals surface area contributed by atoms with Crippen LogP contribution >= 0.6 is 0 Å². The predicted molar refractivity (Wildman–Crippen MR) is 65.9 cm³/mol. The Morgan fingerprint density at radius 3 is 2.20 bits per heavy atom. The Labute approximate surface area is 94.6 Å². The summed E-state index contributed by atoms with van der Waals surface area (Å²) in [5.74, 6) is 0.857. The lowest BCUT2D eigenvalue weighted by atomic mass is 10.1. The average molecular weight is 235 g/mol. The van der Waals surface area contributed by atoms with Gasteiger partial charge in [-0.05, 0) is 53.1 Å². The molecule has 0 rings (SSSR count). The van der Waals surface area contributed by atoms with Gasteiger partial charge in [0.25, 0.3) is 0 Å². The van der Waals surface area contributed by atoms with Gasteiger partial charge in [-0.3, -0.25) is 0 Å². The van der Waals surface area contributed by atoms with Crippen molar-refractivity contribution in [2.75, 3.05) is 19.3 Å². The van der Waals surface area contributed by atoms with Crippen LogP contribution in [0.25, 0.3) is 0 Å². The molecule has 0 aliphatic rings. The van der Waals surface area contributed by atoms with E-state index < -0.39 is 14.6 Å². The van der Waals surface area contributed by atoms with Crippen molar-refractivity contribution < 1.29 is 8.42 Å². The van der Waals surface area contributed by atoms with Crippen molar-refractivity contribution in [2.24, 2.45) is 5.92 Å². The molecule has 1 atom stereocenters. The Kier molecular flexibility index (Phi) is 5.81. The van der Waals surface area contributed by atoms with Gasteiger partial charge in [0.05, 0.1) is 10.5 Å². The molecule has 0 bridgehead atoms. The minimum absolute atomic E-state index is 0.310. The molecule has 3 nitrogen and oxygen atoms in total. The number of sulfone groups is 1. The summed E-state index contributed by atoms with van der Waals surface area (Å²) in [6, 6.07) is 0. The number of hydrogen-bond donors (Lipinski definition) is 1. The molecule has 4 heteroatoms. The molecule has 15 heavy (non-hydrogen) atoms. The first kappa shape index (κ1) is 14.9. The molecule has 0 aromatic rings. The highest BCUT2D eigenvalue weighted by atomic mass is 32.2. The molecule has 0 aliphatic carbocycles. The van der Waals surface area contributed by atoms with Crippen LogP contribution in [0.4, 0.5) is 0 Å². The molecular weight excluding hydrogens is 210 g/mol. The van der Waals surface area contributed by atoms with Crippen LogP contribution in [0.1, 0.15) is 40.5 Å². The third kappa shape index (κ3) is 5.52. The number of hydrogen-bond acceptors (Lipinski definition) is 3. The van der Waals surface area contributed by atoms with E-state index in [1.54, 1.807) is 20.8 Å². The highest BCUT2D eigenvalue weighted by Gasteiger charge is 2.28. The zero-order valence-electron chi connectivity index (χ0n) is 10.6. The first-order valence-electron chi connectivity index (χ1n) is 5.57. The fourth-order valence-corrected chi connectivity index (χ4v) is 2.54. The maximum absolute atomic E-state index is 11.8.